The predicted octanol–water partition coefficient (Wildman–Crippen LogP) is -0.126. The van der Waals surface area contributed by atoms with E-state index in [1.807, 2.05) is 0 Å². The van der Waals surface area contributed by atoms with Crippen LogP contribution in [0.4, 0.5) is 11.4 Å². The van der Waals surface area contributed by atoms with Gasteiger partial charge in [0.2, 0.25) is 11.8 Å². The van der Waals surface area contributed by atoms with Crippen molar-refractivity contribution in [3.63, 3.8) is 0 Å². The molecule has 1 aromatic heterocycles. The van der Waals surface area contributed by atoms with Crippen LogP contribution in [0, 0.1) is 0 Å². The van der Waals surface area contributed by atoms with Crippen LogP contribution in [0.15, 0.2) is 40.1 Å². The van der Waals surface area contributed by atoms with Crippen molar-refractivity contribution in [3.8, 4) is 0 Å². The molecule has 2 aromatic rings. The number of aromatic amines is 1. The average molecular weight is 357 g/mol. The molecule has 0 unspecified atom stereocenters. The van der Waals surface area contributed by atoms with Crippen LogP contribution in [0.3, 0.4) is 0 Å². The van der Waals surface area contributed by atoms with Gasteiger partial charge in [0.05, 0.1) is 11.4 Å². The number of nitrogens with zero attached hydrogens (tertiary/aromatic N) is 2. The number of anilines is 2. The lowest BCUT2D eigenvalue weighted by molar-refractivity contribution is -0.116. The molecule has 0 saturated carbocycles. The molecule has 1 aliphatic heterocycles. The van der Waals surface area contributed by atoms with Crippen LogP contribution >= 0.6 is 0 Å². The fourth-order valence-corrected chi connectivity index (χ4v) is 2.94. The summed E-state index contributed by atoms with van der Waals surface area (Å²) in [4.78, 5) is 50.8. The molecule has 0 bridgehead atoms. The topological polar surface area (TPSA) is 130 Å². The van der Waals surface area contributed by atoms with Gasteiger partial charge in [-0.25, -0.2) is 4.79 Å². The highest BCUT2D eigenvalue weighted by Gasteiger charge is 2.18. The van der Waals surface area contributed by atoms with Gasteiger partial charge in [-0.15, -0.1) is 0 Å². The monoisotopic (exact) mass is 357 g/mol. The SMILES string of the molecule is NC(=O)c1ccc(N2CCCC2)c(NC(=O)Cn2ccc(=O)[nH]c2=O)c1. The third-order valence-electron chi connectivity index (χ3n) is 4.21. The van der Waals surface area contributed by atoms with E-state index in [0.29, 0.717) is 5.69 Å². The Balaban J connectivity index is 1.85. The summed E-state index contributed by atoms with van der Waals surface area (Å²) in [6, 6.07) is 6.08. The third-order valence-corrected chi connectivity index (χ3v) is 4.21. The summed E-state index contributed by atoms with van der Waals surface area (Å²) < 4.78 is 1.09. The zero-order valence-corrected chi connectivity index (χ0v) is 14.0. The fourth-order valence-electron chi connectivity index (χ4n) is 2.94. The molecule has 1 aromatic carbocycles. The second kappa shape index (κ2) is 7.26. The summed E-state index contributed by atoms with van der Waals surface area (Å²) in [7, 11) is 0. The van der Waals surface area contributed by atoms with E-state index in [2.05, 4.69) is 15.2 Å². The molecule has 9 nitrogen and oxygen atoms in total. The zero-order chi connectivity index (χ0) is 18.7. The Bertz CT molecular complexity index is 956. The fraction of sp³-hybridized carbons (Fsp3) is 0.294. The Morgan fingerprint density at radius 2 is 1.88 bits per heavy atom. The number of aromatic nitrogens is 2. The normalized spacial score (nSPS) is 13.6. The molecule has 0 aliphatic carbocycles. The van der Waals surface area contributed by atoms with Crippen LogP contribution in [0.5, 0.6) is 0 Å². The zero-order valence-electron chi connectivity index (χ0n) is 14.0. The summed E-state index contributed by atoms with van der Waals surface area (Å²) >= 11 is 0. The standard InChI is InChI=1S/C17H19N5O4/c18-16(25)11-3-4-13(21-6-1-2-7-21)12(9-11)19-15(24)10-22-8-5-14(23)20-17(22)26/h3-5,8-9H,1-2,6-7,10H2,(H2,18,25)(H,19,24)(H,20,23,26). The third kappa shape index (κ3) is 3.82. The van der Waals surface area contributed by atoms with Crippen LogP contribution in [-0.2, 0) is 11.3 Å². The van der Waals surface area contributed by atoms with Crippen molar-refractivity contribution in [1.29, 1.82) is 0 Å². The van der Waals surface area contributed by atoms with Crippen LogP contribution in [0.2, 0.25) is 0 Å². The maximum Gasteiger partial charge on any atom is 0.328 e. The van der Waals surface area contributed by atoms with E-state index in [1.165, 1.54) is 12.3 Å². The van der Waals surface area contributed by atoms with E-state index in [4.69, 9.17) is 5.73 Å². The number of carbonyl (C=O) groups is 2. The number of hydrogen-bond acceptors (Lipinski definition) is 5. The molecule has 1 saturated heterocycles. The Kier molecular flexibility index (Phi) is 4.87. The Labute approximate surface area is 148 Å². The molecule has 4 N–H and O–H groups in total. The molecule has 2 heterocycles. The van der Waals surface area contributed by atoms with Gasteiger partial charge in [0.15, 0.2) is 0 Å². The molecule has 1 fully saturated rings. The number of nitrogens with two attached hydrogens (primary N) is 1. The lowest BCUT2D eigenvalue weighted by atomic mass is 10.1. The minimum Gasteiger partial charge on any atom is -0.370 e. The largest absolute Gasteiger partial charge is 0.370 e. The number of primary amides is 1. The van der Waals surface area contributed by atoms with E-state index in [-0.39, 0.29) is 12.1 Å². The smallest absolute Gasteiger partial charge is 0.328 e. The van der Waals surface area contributed by atoms with Crippen molar-refractivity contribution in [1.82, 2.24) is 9.55 Å². The van der Waals surface area contributed by atoms with Crippen LogP contribution in [0.1, 0.15) is 23.2 Å². The summed E-state index contributed by atoms with van der Waals surface area (Å²) in [6.07, 6.45) is 3.36. The number of hydrogen-bond donors (Lipinski definition) is 3. The summed E-state index contributed by atoms with van der Waals surface area (Å²) in [5, 5.41) is 2.73. The van der Waals surface area contributed by atoms with Crippen molar-refractivity contribution in [2.45, 2.75) is 19.4 Å². The van der Waals surface area contributed by atoms with Gasteiger partial charge in [-0.05, 0) is 31.0 Å². The molecule has 0 radical (unpaired) electrons. The van der Waals surface area contributed by atoms with Crippen LogP contribution in [0.25, 0.3) is 0 Å². The molecule has 136 valence electrons. The first-order valence-corrected chi connectivity index (χ1v) is 8.22. The second-order valence-corrected chi connectivity index (χ2v) is 6.08. The van der Waals surface area contributed by atoms with Crippen molar-refractivity contribution < 1.29 is 9.59 Å². The Morgan fingerprint density at radius 1 is 1.15 bits per heavy atom. The molecule has 0 spiro atoms. The van der Waals surface area contributed by atoms with Crippen molar-refractivity contribution in [3.05, 3.63) is 56.9 Å². The molecule has 9 heteroatoms. The van der Waals surface area contributed by atoms with Gasteiger partial charge in [0.25, 0.3) is 5.56 Å². The van der Waals surface area contributed by atoms with E-state index < -0.39 is 23.1 Å². The van der Waals surface area contributed by atoms with Crippen LogP contribution < -0.4 is 27.2 Å². The summed E-state index contributed by atoms with van der Waals surface area (Å²) in [5.74, 6) is -1.05. The van der Waals surface area contributed by atoms with Gasteiger partial charge >= 0.3 is 5.69 Å². The van der Waals surface area contributed by atoms with Gasteiger partial charge in [-0.2, -0.15) is 0 Å². The molecule has 26 heavy (non-hydrogen) atoms. The van der Waals surface area contributed by atoms with Gasteiger partial charge in [0, 0.05) is 30.9 Å². The number of benzene rings is 1. The highest BCUT2D eigenvalue weighted by Crippen LogP contribution is 2.30. The summed E-state index contributed by atoms with van der Waals surface area (Å²) in [5.41, 5.74) is 5.68. The first-order chi connectivity index (χ1) is 12.4. The molecule has 1 aliphatic rings. The van der Waals surface area contributed by atoms with E-state index in [0.717, 1.165) is 42.3 Å². The Morgan fingerprint density at radius 3 is 2.54 bits per heavy atom. The number of nitrogens with one attached hydrogen (secondary N) is 2. The lowest BCUT2D eigenvalue weighted by Crippen LogP contribution is -2.33. The predicted molar refractivity (Wildman–Crippen MR) is 96.4 cm³/mol. The second-order valence-electron chi connectivity index (χ2n) is 6.08. The number of rotatable bonds is 5. The quantitative estimate of drug-likeness (QED) is 0.686. The maximum absolute atomic E-state index is 12.4. The van der Waals surface area contributed by atoms with Gasteiger partial charge in [-0.3, -0.25) is 23.9 Å². The number of carbonyl (C=O) groups excluding carboxylic acids is 2. The van der Waals surface area contributed by atoms with Crippen molar-refractivity contribution in [2.24, 2.45) is 5.73 Å². The van der Waals surface area contributed by atoms with Crippen LogP contribution in [-0.4, -0.2) is 34.5 Å². The number of H-pyrrole nitrogens is 1. The minimum absolute atomic E-state index is 0.268. The van der Waals surface area contributed by atoms with Crippen molar-refractivity contribution in [2.75, 3.05) is 23.3 Å². The minimum atomic E-state index is -0.668. The maximum atomic E-state index is 12.4. The highest BCUT2D eigenvalue weighted by molar-refractivity contribution is 5.99. The molecule has 0 atom stereocenters. The highest BCUT2D eigenvalue weighted by atomic mass is 16.2. The summed E-state index contributed by atoms with van der Waals surface area (Å²) in [6.45, 7) is 1.45. The molecular formula is C17H19N5O4. The molecular weight excluding hydrogens is 338 g/mol. The van der Waals surface area contributed by atoms with Gasteiger partial charge < -0.3 is 16.0 Å². The van der Waals surface area contributed by atoms with E-state index >= 15 is 0 Å². The van der Waals surface area contributed by atoms with E-state index in [9.17, 15) is 19.2 Å². The molecule has 2 amide bonds. The van der Waals surface area contributed by atoms with Gasteiger partial charge in [-0.1, -0.05) is 0 Å². The Hall–Kier alpha value is -3.36. The van der Waals surface area contributed by atoms with Gasteiger partial charge in [0.1, 0.15) is 6.54 Å². The lowest BCUT2D eigenvalue weighted by Gasteiger charge is -2.22. The average Bonchev–Trinajstić information content (AvgIpc) is 3.11. The number of amides is 2. The first kappa shape index (κ1) is 17.5. The van der Waals surface area contributed by atoms with Crippen molar-refractivity contribution >= 4 is 23.2 Å². The first-order valence-electron chi connectivity index (χ1n) is 8.22. The van der Waals surface area contributed by atoms with E-state index in [1.54, 1.807) is 12.1 Å². The molecule has 3 rings (SSSR count).